The van der Waals surface area contributed by atoms with Gasteiger partial charge in [-0.3, -0.25) is 9.89 Å². The molecule has 190 valence electrons. The van der Waals surface area contributed by atoms with Gasteiger partial charge < -0.3 is 15.8 Å². The molecule has 1 unspecified atom stereocenters. The summed E-state index contributed by atoms with van der Waals surface area (Å²) in [6.45, 7) is 0. The predicted molar refractivity (Wildman–Crippen MR) is 149 cm³/mol. The van der Waals surface area contributed by atoms with Crippen molar-refractivity contribution in [1.29, 1.82) is 0 Å². The van der Waals surface area contributed by atoms with Crippen LogP contribution in [0.15, 0.2) is 83.9 Å². The molecule has 0 bridgehead atoms. The molecule has 2 aromatic carbocycles. The van der Waals surface area contributed by atoms with Crippen molar-refractivity contribution in [2.45, 2.75) is 25.2 Å². The standard InChI is InChI=1S/C29H27N7O2/c1-38-21-14-12-19(13-15-21)25-27(33-23-17-31-22(30)16-32-23)34-28-24(18-8-4-2-5-9-18)26(35-36(28)29(25)37)20-10-6-3-7-11-20/h2-4,6-7,10-18,35H,5,8-9H2,1H3,(H2,30,31)(H,32,33). The molecular weight excluding hydrogens is 478 g/mol. The summed E-state index contributed by atoms with van der Waals surface area (Å²) in [5.74, 6) is 2.05. The molecule has 0 spiro atoms. The third-order valence-electron chi connectivity index (χ3n) is 6.85. The molecule has 5 aromatic rings. The van der Waals surface area contributed by atoms with Crippen LogP contribution in [0.2, 0.25) is 0 Å². The Bertz CT molecular complexity index is 1670. The minimum atomic E-state index is -0.221. The maximum Gasteiger partial charge on any atom is 0.282 e. The van der Waals surface area contributed by atoms with Gasteiger partial charge in [0.1, 0.15) is 23.2 Å². The van der Waals surface area contributed by atoms with Gasteiger partial charge >= 0.3 is 0 Å². The molecule has 0 saturated carbocycles. The molecule has 4 N–H and O–H groups in total. The highest BCUT2D eigenvalue weighted by Gasteiger charge is 2.27. The first-order valence-corrected chi connectivity index (χ1v) is 12.5. The summed E-state index contributed by atoms with van der Waals surface area (Å²) in [7, 11) is 1.61. The molecule has 9 heteroatoms. The Morgan fingerprint density at radius 1 is 1.03 bits per heavy atom. The van der Waals surface area contributed by atoms with Crippen LogP contribution in [0.4, 0.5) is 17.5 Å². The molecule has 6 rings (SSSR count). The number of aromatic amines is 1. The number of nitrogens with zero attached hydrogens (tertiary/aromatic N) is 4. The van der Waals surface area contributed by atoms with Crippen molar-refractivity contribution in [3.63, 3.8) is 0 Å². The minimum Gasteiger partial charge on any atom is -0.497 e. The van der Waals surface area contributed by atoms with Gasteiger partial charge in [0.05, 0.1) is 30.8 Å². The summed E-state index contributed by atoms with van der Waals surface area (Å²) in [5, 5.41) is 6.62. The maximum absolute atomic E-state index is 14.2. The number of fused-ring (bicyclic) bond motifs is 1. The normalized spacial score (nSPS) is 15.0. The molecular formula is C29H27N7O2. The van der Waals surface area contributed by atoms with Gasteiger partial charge in [0.15, 0.2) is 5.65 Å². The van der Waals surface area contributed by atoms with Crippen LogP contribution in [0.25, 0.3) is 28.0 Å². The summed E-state index contributed by atoms with van der Waals surface area (Å²) >= 11 is 0. The highest BCUT2D eigenvalue weighted by Crippen LogP contribution is 2.39. The number of hydrogen-bond acceptors (Lipinski definition) is 7. The molecule has 3 heterocycles. The number of hydrogen-bond donors (Lipinski definition) is 3. The lowest BCUT2D eigenvalue weighted by molar-refractivity contribution is 0.415. The van der Waals surface area contributed by atoms with Gasteiger partial charge in [-0.15, -0.1) is 0 Å². The van der Waals surface area contributed by atoms with E-state index in [1.54, 1.807) is 11.6 Å². The van der Waals surface area contributed by atoms with Crippen molar-refractivity contribution < 1.29 is 4.74 Å². The fourth-order valence-corrected chi connectivity index (χ4v) is 4.99. The van der Waals surface area contributed by atoms with Gasteiger partial charge in [-0.2, -0.15) is 0 Å². The number of aromatic nitrogens is 5. The van der Waals surface area contributed by atoms with E-state index in [9.17, 15) is 4.79 Å². The zero-order valence-corrected chi connectivity index (χ0v) is 20.9. The molecule has 0 fully saturated rings. The third kappa shape index (κ3) is 4.28. The average Bonchev–Trinajstić information content (AvgIpc) is 3.35. The largest absolute Gasteiger partial charge is 0.497 e. The minimum absolute atomic E-state index is 0.221. The molecule has 1 aliphatic carbocycles. The number of nitrogen functional groups attached to an aromatic ring is 1. The number of anilines is 3. The molecule has 3 aromatic heterocycles. The number of rotatable bonds is 6. The van der Waals surface area contributed by atoms with Crippen molar-refractivity contribution in [3.8, 4) is 28.1 Å². The number of benzene rings is 2. The van der Waals surface area contributed by atoms with Crippen molar-refractivity contribution >= 4 is 23.1 Å². The quantitative estimate of drug-likeness (QED) is 0.267. The number of H-pyrrole nitrogens is 1. The summed E-state index contributed by atoms with van der Waals surface area (Å²) in [5.41, 5.74) is 10.1. The molecule has 0 amide bonds. The number of nitrogens with two attached hydrogens (primary N) is 1. The summed E-state index contributed by atoms with van der Waals surface area (Å²) < 4.78 is 6.89. The van der Waals surface area contributed by atoms with E-state index in [0.717, 1.165) is 36.1 Å². The first kappa shape index (κ1) is 23.5. The lowest BCUT2D eigenvalue weighted by Crippen LogP contribution is -2.20. The van der Waals surface area contributed by atoms with Crippen LogP contribution in [-0.2, 0) is 0 Å². The van der Waals surface area contributed by atoms with E-state index in [-0.39, 0.29) is 11.5 Å². The molecule has 0 radical (unpaired) electrons. The Hall–Kier alpha value is -4.92. The van der Waals surface area contributed by atoms with Crippen LogP contribution < -0.4 is 21.3 Å². The maximum atomic E-state index is 14.2. The van der Waals surface area contributed by atoms with E-state index in [1.165, 1.54) is 12.4 Å². The van der Waals surface area contributed by atoms with E-state index in [0.29, 0.717) is 40.0 Å². The lowest BCUT2D eigenvalue weighted by Gasteiger charge is -2.19. The summed E-state index contributed by atoms with van der Waals surface area (Å²) in [6.07, 6.45) is 10.2. The number of methoxy groups -OCH3 is 1. The van der Waals surface area contributed by atoms with Crippen LogP contribution in [0, 0.1) is 0 Å². The van der Waals surface area contributed by atoms with Crippen LogP contribution in [0.1, 0.15) is 30.7 Å². The predicted octanol–water partition coefficient (Wildman–Crippen LogP) is 5.30. The second kappa shape index (κ2) is 9.85. The first-order valence-electron chi connectivity index (χ1n) is 12.5. The lowest BCUT2D eigenvalue weighted by atomic mass is 9.86. The highest BCUT2D eigenvalue weighted by molar-refractivity contribution is 5.81. The van der Waals surface area contributed by atoms with E-state index in [1.807, 2.05) is 54.6 Å². The molecule has 9 nitrogen and oxygen atoms in total. The summed E-state index contributed by atoms with van der Waals surface area (Å²) in [4.78, 5) is 27.7. The Morgan fingerprint density at radius 3 is 2.53 bits per heavy atom. The van der Waals surface area contributed by atoms with Gasteiger partial charge in [-0.1, -0.05) is 54.6 Å². The van der Waals surface area contributed by atoms with Crippen molar-refractivity contribution in [1.82, 2.24) is 24.6 Å². The van der Waals surface area contributed by atoms with Gasteiger partial charge in [0.2, 0.25) is 0 Å². The Balaban J connectivity index is 1.62. The van der Waals surface area contributed by atoms with Crippen molar-refractivity contribution in [3.05, 3.63) is 95.1 Å². The van der Waals surface area contributed by atoms with Crippen molar-refractivity contribution in [2.75, 3.05) is 18.2 Å². The van der Waals surface area contributed by atoms with Crippen LogP contribution in [-0.4, -0.2) is 31.7 Å². The second-order valence-electron chi connectivity index (χ2n) is 9.23. The van der Waals surface area contributed by atoms with Gasteiger partial charge in [0.25, 0.3) is 5.56 Å². The molecule has 38 heavy (non-hydrogen) atoms. The fraction of sp³-hybridized carbons (Fsp3) is 0.172. The van der Waals surface area contributed by atoms with E-state index in [2.05, 4.69) is 32.5 Å². The fourth-order valence-electron chi connectivity index (χ4n) is 4.99. The smallest absolute Gasteiger partial charge is 0.282 e. The van der Waals surface area contributed by atoms with E-state index < -0.39 is 0 Å². The topological polar surface area (TPSA) is 123 Å². The number of nitrogens with one attached hydrogen (secondary N) is 2. The Kier molecular flexibility index (Phi) is 6.09. The number of allylic oxidation sites excluding steroid dienone is 2. The number of ether oxygens (including phenoxy) is 1. The molecule has 1 atom stereocenters. The monoisotopic (exact) mass is 505 g/mol. The van der Waals surface area contributed by atoms with Crippen LogP contribution in [0.3, 0.4) is 0 Å². The Morgan fingerprint density at radius 2 is 1.84 bits per heavy atom. The second-order valence-corrected chi connectivity index (χ2v) is 9.23. The third-order valence-corrected chi connectivity index (χ3v) is 6.85. The Labute approximate surface area is 219 Å². The van der Waals surface area contributed by atoms with Gasteiger partial charge in [-0.25, -0.2) is 19.5 Å². The zero-order chi connectivity index (χ0) is 26.1. The molecule has 0 aliphatic heterocycles. The summed E-state index contributed by atoms with van der Waals surface area (Å²) in [6, 6.07) is 17.4. The van der Waals surface area contributed by atoms with Crippen LogP contribution in [0.5, 0.6) is 5.75 Å². The highest BCUT2D eigenvalue weighted by atomic mass is 16.5. The van der Waals surface area contributed by atoms with Crippen molar-refractivity contribution in [2.24, 2.45) is 0 Å². The van der Waals surface area contributed by atoms with E-state index >= 15 is 0 Å². The zero-order valence-electron chi connectivity index (χ0n) is 20.9. The first-order chi connectivity index (χ1) is 18.6. The molecule has 1 aliphatic rings. The van der Waals surface area contributed by atoms with Gasteiger partial charge in [0, 0.05) is 5.56 Å². The van der Waals surface area contributed by atoms with Crippen LogP contribution >= 0.6 is 0 Å². The van der Waals surface area contributed by atoms with Gasteiger partial charge in [-0.05, 0) is 48.4 Å². The SMILES string of the molecule is COc1ccc(-c2c(Nc3cnc(N)cn3)nc3c(C4CC=CCC4)c(-c4ccccc4)[nH]n3c2=O)cc1. The van der Waals surface area contributed by atoms with E-state index in [4.69, 9.17) is 15.5 Å². The molecule has 0 saturated heterocycles. The average molecular weight is 506 g/mol.